The number of carbonyl (C=O) groups is 1. The molecule has 21 heteroatoms. The lowest BCUT2D eigenvalue weighted by molar-refractivity contribution is 0.0526. The second-order valence-electron chi connectivity index (χ2n) is 16.5. The number of ether oxygens (including phenoxy) is 2. The number of carbonyl (C=O) groups excluding carboxylic acids is 1. The number of anilines is 1. The number of halogens is 4. The Morgan fingerprint density at radius 1 is 0.810 bits per heavy atom. The zero-order valence-corrected chi connectivity index (χ0v) is 41.2. The minimum absolute atomic E-state index is 0.0253. The molecule has 0 unspecified atom stereocenters. The lowest BCUT2D eigenvalue weighted by Crippen LogP contribution is -2.50. The number of benzene rings is 3. The molecule has 3 aromatic rings. The largest absolute Gasteiger partial charge is 0.462 e. The van der Waals surface area contributed by atoms with Crippen LogP contribution in [-0.2, 0) is 35.0 Å². The SMILES string of the molecule is CCOC(=O)c1c(Cl)c(Cl)c(Cl)c(Cl)c1C1=c2cc3c(cc2Oc2cc4c(cc21)C(C)=CC(C)(C)N4CC)=[N+](CC)C(C)(C)C=C3CS(=O)(=O)N(CCS(=O)(=O)O)CCS(=O)(=O)O. The molecule has 0 spiro atoms. The van der Waals surface area contributed by atoms with Gasteiger partial charge in [-0.2, -0.15) is 21.1 Å². The van der Waals surface area contributed by atoms with Crippen molar-refractivity contribution in [1.82, 2.24) is 8.88 Å². The number of rotatable bonds is 14. The highest BCUT2D eigenvalue weighted by molar-refractivity contribution is 7.89. The van der Waals surface area contributed by atoms with Crippen LogP contribution in [0.25, 0.3) is 16.7 Å². The first-order valence-electron chi connectivity index (χ1n) is 19.9. The van der Waals surface area contributed by atoms with Crippen LogP contribution in [-0.4, -0.2) is 106 Å². The molecule has 0 fully saturated rings. The number of hydrogen-bond donors (Lipinski definition) is 2. The van der Waals surface area contributed by atoms with E-state index in [1.807, 2.05) is 44.4 Å². The van der Waals surface area contributed by atoms with E-state index in [0.717, 1.165) is 16.8 Å². The summed E-state index contributed by atoms with van der Waals surface area (Å²) in [6, 6.07) is 7.32. The van der Waals surface area contributed by atoms with Crippen molar-refractivity contribution in [1.29, 1.82) is 0 Å². The van der Waals surface area contributed by atoms with Crippen LogP contribution >= 0.6 is 46.4 Å². The molecule has 63 heavy (non-hydrogen) atoms. The fourth-order valence-corrected chi connectivity index (χ4v) is 12.5. The maximum Gasteiger partial charge on any atom is 0.340 e. The Labute approximate surface area is 387 Å². The first-order valence-corrected chi connectivity index (χ1v) is 26.2. The Hall–Kier alpha value is -3.23. The fourth-order valence-electron chi connectivity index (χ4n) is 8.79. The molecular weight excluding hydrogens is 960 g/mol. The zero-order chi connectivity index (χ0) is 46.9. The average molecular weight is 1010 g/mol. The van der Waals surface area contributed by atoms with E-state index in [1.165, 1.54) is 0 Å². The van der Waals surface area contributed by atoms with Crippen LogP contribution in [0.5, 0.6) is 11.5 Å². The average Bonchev–Trinajstić information content (AvgIpc) is 3.15. The van der Waals surface area contributed by atoms with E-state index >= 15 is 0 Å². The third-order valence-corrected chi connectivity index (χ3v) is 16.4. The summed E-state index contributed by atoms with van der Waals surface area (Å²) in [5.74, 6) is -2.98. The van der Waals surface area contributed by atoms with Crippen molar-refractivity contribution < 1.29 is 48.6 Å². The predicted octanol–water partition coefficient (Wildman–Crippen LogP) is 6.95. The second kappa shape index (κ2) is 17.5. The summed E-state index contributed by atoms with van der Waals surface area (Å²) in [7, 11) is -14.0. The topological polar surface area (TPSA) is 188 Å². The van der Waals surface area contributed by atoms with Crippen molar-refractivity contribution in [2.75, 3.05) is 54.9 Å². The van der Waals surface area contributed by atoms with Gasteiger partial charge in [0, 0.05) is 72.7 Å². The lowest BCUT2D eigenvalue weighted by atomic mass is 9.83. The van der Waals surface area contributed by atoms with Gasteiger partial charge in [-0.05, 0) is 70.9 Å². The Kier molecular flexibility index (Phi) is 13.7. The summed E-state index contributed by atoms with van der Waals surface area (Å²) in [5.41, 5.74) is 2.88. The predicted molar refractivity (Wildman–Crippen MR) is 249 cm³/mol. The van der Waals surface area contributed by atoms with E-state index in [9.17, 15) is 39.2 Å². The highest BCUT2D eigenvalue weighted by Crippen LogP contribution is 2.51. The maximum absolute atomic E-state index is 14.3. The quantitative estimate of drug-likeness (QED) is 0.0436. The zero-order valence-electron chi connectivity index (χ0n) is 35.8. The summed E-state index contributed by atoms with van der Waals surface area (Å²) in [6.07, 6.45) is 3.89. The molecule has 2 N–H and O–H groups in total. The van der Waals surface area contributed by atoms with Crippen LogP contribution < -0.4 is 24.8 Å². The third kappa shape index (κ3) is 9.56. The number of nitrogens with zero attached hydrogens (tertiary/aromatic N) is 3. The van der Waals surface area contributed by atoms with Gasteiger partial charge in [0.2, 0.25) is 15.4 Å². The summed E-state index contributed by atoms with van der Waals surface area (Å²) in [6.45, 7) is 15.0. The van der Waals surface area contributed by atoms with Crippen molar-refractivity contribution in [3.8, 4) is 11.5 Å². The van der Waals surface area contributed by atoms with Crippen molar-refractivity contribution in [3.05, 3.63) is 94.9 Å². The van der Waals surface area contributed by atoms with Crippen molar-refractivity contribution in [2.45, 2.75) is 66.5 Å². The molecule has 0 saturated carbocycles. The van der Waals surface area contributed by atoms with Crippen molar-refractivity contribution in [3.63, 3.8) is 0 Å². The van der Waals surface area contributed by atoms with Gasteiger partial charge in [0.25, 0.3) is 20.2 Å². The van der Waals surface area contributed by atoms with E-state index in [0.29, 0.717) is 56.2 Å². The number of sulfonamides is 1. The second-order valence-corrected chi connectivity index (χ2v) is 23.1. The molecule has 342 valence electrons. The Bertz CT molecular complexity index is 2970. The van der Waals surface area contributed by atoms with Crippen LogP contribution in [0.2, 0.25) is 20.1 Å². The maximum atomic E-state index is 14.3. The molecule has 6 rings (SSSR count). The molecule has 0 radical (unpaired) electrons. The summed E-state index contributed by atoms with van der Waals surface area (Å²) < 4.78 is 110. The highest BCUT2D eigenvalue weighted by Gasteiger charge is 2.40. The van der Waals surface area contributed by atoms with Gasteiger partial charge in [0.15, 0.2) is 5.54 Å². The smallest absolute Gasteiger partial charge is 0.340 e. The van der Waals surface area contributed by atoms with Gasteiger partial charge in [-0.3, -0.25) is 9.11 Å². The summed E-state index contributed by atoms with van der Waals surface area (Å²) >= 11 is 27.4. The van der Waals surface area contributed by atoms with E-state index in [-0.39, 0.29) is 48.9 Å². The Balaban J connectivity index is 1.75. The lowest BCUT2D eigenvalue weighted by Gasteiger charge is -2.43. The van der Waals surface area contributed by atoms with Crippen LogP contribution in [0.4, 0.5) is 5.69 Å². The molecule has 0 saturated heterocycles. The van der Waals surface area contributed by atoms with E-state index in [1.54, 1.807) is 25.1 Å². The number of allylic oxidation sites excluding steroid dienone is 1. The van der Waals surface area contributed by atoms with Gasteiger partial charge in [0.1, 0.15) is 18.0 Å². The van der Waals surface area contributed by atoms with Crippen LogP contribution in [0.1, 0.15) is 88.0 Å². The molecule has 3 aliphatic heterocycles. The molecule has 3 aromatic carbocycles. The van der Waals surface area contributed by atoms with Gasteiger partial charge in [-0.15, -0.1) is 0 Å². The first kappa shape index (κ1) is 49.2. The molecule has 0 aliphatic carbocycles. The number of likely N-dealkylation sites (N-methyl/N-ethyl adjacent to an activating group) is 2. The molecule has 0 bridgehead atoms. The third-order valence-electron chi connectivity index (χ3n) is 11.4. The van der Waals surface area contributed by atoms with Crippen LogP contribution in [0, 0.1) is 0 Å². The molecular formula is C42H48Cl4N3O11S3+. The van der Waals surface area contributed by atoms with E-state index in [4.69, 9.17) is 55.9 Å². The summed E-state index contributed by atoms with van der Waals surface area (Å²) in [4.78, 5) is 16.2. The van der Waals surface area contributed by atoms with Crippen molar-refractivity contribution in [2.24, 2.45) is 0 Å². The number of hydrogen-bond acceptors (Lipinski definition) is 10. The Morgan fingerprint density at radius 2 is 1.41 bits per heavy atom. The highest BCUT2D eigenvalue weighted by atomic mass is 35.5. The summed E-state index contributed by atoms with van der Waals surface area (Å²) in [5, 5.41) is 0.248. The molecule has 0 atom stereocenters. The van der Waals surface area contributed by atoms with E-state index in [2.05, 4.69) is 31.7 Å². The first-order chi connectivity index (χ1) is 29.1. The molecule has 14 nitrogen and oxygen atoms in total. The standard InChI is InChI=1S/C42H47Cl4N3O11S3/c1-9-48-29-18-31-27(16-25(29)23(4)20-41(48,5)6)33(34-35(40(50)59-11-3)37(44)39(46)38(45)36(34)43)28-17-26-24(21-42(7,8)49(10-2)30(26)19-32(28)60-31)22-61(51,52)47(12-14-62(53,54)55)13-15-63(56,57)58/h16-21H,9-15,22H2,1-8H3,(H-,53,54,55,56,57,58)/p+1. The van der Waals surface area contributed by atoms with E-state index < -0.39 is 72.1 Å². The minimum Gasteiger partial charge on any atom is -0.462 e. The van der Waals surface area contributed by atoms with Gasteiger partial charge >= 0.3 is 5.97 Å². The normalized spacial score (nSPS) is 16.7. The van der Waals surface area contributed by atoms with Gasteiger partial charge < -0.3 is 14.4 Å². The minimum atomic E-state index is -4.69. The molecule has 0 aromatic heterocycles. The monoisotopic (exact) mass is 1010 g/mol. The Morgan fingerprint density at radius 3 is 1.97 bits per heavy atom. The molecule has 3 heterocycles. The number of esters is 1. The van der Waals surface area contributed by atoms with Gasteiger partial charge in [-0.25, -0.2) is 17.8 Å². The number of fused-ring (bicyclic) bond motifs is 4. The molecule has 0 amide bonds. The van der Waals surface area contributed by atoms with Gasteiger partial charge in [-0.1, -0.05) is 52.5 Å². The van der Waals surface area contributed by atoms with Crippen LogP contribution in [0.15, 0.2) is 36.4 Å². The van der Waals surface area contributed by atoms with Crippen LogP contribution in [0.3, 0.4) is 0 Å². The molecule has 3 aliphatic rings. The van der Waals surface area contributed by atoms with Crippen molar-refractivity contribution >= 4 is 105 Å². The van der Waals surface area contributed by atoms with Gasteiger partial charge in [0.05, 0.1) is 66.7 Å². The fraction of sp³-hybridized carbons (Fsp3) is 0.429.